The fourth-order valence-corrected chi connectivity index (χ4v) is 1.21. The van der Waals surface area contributed by atoms with Gasteiger partial charge in [-0.3, -0.25) is 0 Å². The van der Waals surface area contributed by atoms with Crippen molar-refractivity contribution in [2.45, 2.75) is 6.92 Å². The normalized spacial score (nSPS) is 10.9. The van der Waals surface area contributed by atoms with Crippen LogP contribution in [0.2, 0.25) is 0 Å². The van der Waals surface area contributed by atoms with Gasteiger partial charge in [0.05, 0.1) is 6.33 Å². The molecule has 0 aliphatic heterocycles. The summed E-state index contributed by atoms with van der Waals surface area (Å²) in [7, 11) is 0. The number of hydrogen-bond acceptors (Lipinski definition) is 1. The number of nitrogens with zero attached hydrogens (tertiary/aromatic N) is 2. The van der Waals surface area contributed by atoms with Gasteiger partial charge in [0.25, 0.3) is 0 Å². The van der Waals surface area contributed by atoms with Gasteiger partial charge in [0, 0.05) is 18.6 Å². The van der Waals surface area contributed by atoms with E-state index in [4.69, 9.17) is 0 Å². The SMILES string of the molecule is Cc1ccc(C=Cn2ccnc2)cc1. The second-order valence-corrected chi connectivity index (χ2v) is 3.24. The zero-order valence-corrected chi connectivity index (χ0v) is 8.09. The van der Waals surface area contributed by atoms with Gasteiger partial charge in [-0.25, -0.2) is 4.98 Å². The van der Waals surface area contributed by atoms with Crippen LogP contribution in [-0.4, -0.2) is 9.55 Å². The first kappa shape index (κ1) is 8.75. The van der Waals surface area contributed by atoms with Gasteiger partial charge in [-0.15, -0.1) is 0 Å². The first-order valence-corrected chi connectivity index (χ1v) is 4.57. The number of rotatable bonds is 2. The molecule has 0 amide bonds. The van der Waals surface area contributed by atoms with Crippen molar-refractivity contribution in [3.8, 4) is 0 Å². The summed E-state index contributed by atoms with van der Waals surface area (Å²) in [5, 5.41) is 0. The molecule has 0 fully saturated rings. The third kappa shape index (κ3) is 2.10. The molecule has 0 atom stereocenters. The van der Waals surface area contributed by atoms with Crippen molar-refractivity contribution < 1.29 is 0 Å². The van der Waals surface area contributed by atoms with E-state index in [1.54, 1.807) is 12.5 Å². The Kier molecular flexibility index (Phi) is 2.45. The summed E-state index contributed by atoms with van der Waals surface area (Å²) in [6.45, 7) is 2.09. The molecule has 1 heterocycles. The Balaban J connectivity index is 2.15. The number of aromatic nitrogens is 2. The van der Waals surface area contributed by atoms with Crippen molar-refractivity contribution in [1.29, 1.82) is 0 Å². The average molecular weight is 184 g/mol. The van der Waals surface area contributed by atoms with E-state index < -0.39 is 0 Å². The van der Waals surface area contributed by atoms with Crippen LogP contribution in [0.1, 0.15) is 11.1 Å². The molecule has 0 aliphatic carbocycles. The molecule has 1 aromatic heterocycles. The quantitative estimate of drug-likeness (QED) is 0.701. The molecule has 2 aromatic rings. The van der Waals surface area contributed by atoms with E-state index in [2.05, 4.69) is 42.2 Å². The molecule has 1 aromatic carbocycles. The lowest BCUT2D eigenvalue weighted by atomic mass is 10.1. The van der Waals surface area contributed by atoms with Gasteiger partial charge in [-0.05, 0) is 18.6 Å². The number of benzene rings is 1. The second kappa shape index (κ2) is 3.92. The highest BCUT2D eigenvalue weighted by atomic mass is 15.0. The van der Waals surface area contributed by atoms with Crippen molar-refractivity contribution in [3.05, 3.63) is 54.1 Å². The van der Waals surface area contributed by atoms with E-state index in [0.29, 0.717) is 0 Å². The molecular weight excluding hydrogens is 172 g/mol. The van der Waals surface area contributed by atoms with E-state index in [9.17, 15) is 0 Å². The topological polar surface area (TPSA) is 17.8 Å². The van der Waals surface area contributed by atoms with Gasteiger partial charge in [-0.2, -0.15) is 0 Å². The molecular formula is C12H12N2. The van der Waals surface area contributed by atoms with Crippen LogP contribution >= 0.6 is 0 Å². The third-order valence-electron chi connectivity index (χ3n) is 2.04. The Bertz CT molecular complexity index is 410. The highest BCUT2D eigenvalue weighted by Gasteiger charge is 1.86. The maximum Gasteiger partial charge on any atom is 0.0986 e. The molecule has 14 heavy (non-hydrogen) atoms. The van der Waals surface area contributed by atoms with Gasteiger partial charge < -0.3 is 4.57 Å². The zero-order valence-electron chi connectivity index (χ0n) is 8.09. The molecule has 0 spiro atoms. The smallest absolute Gasteiger partial charge is 0.0986 e. The highest BCUT2D eigenvalue weighted by molar-refractivity contribution is 5.60. The van der Waals surface area contributed by atoms with Crippen LogP contribution in [0.5, 0.6) is 0 Å². The molecule has 0 unspecified atom stereocenters. The lowest BCUT2D eigenvalue weighted by Crippen LogP contribution is -1.79. The summed E-state index contributed by atoms with van der Waals surface area (Å²) in [6.07, 6.45) is 9.48. The number of hydrogen-bond donors (Lipinski definition) is 0. The molecule has 2 rings (SSSR count). The fourth-order valence-electron chi connectivity index (χ4n) is 1.21. The van der Waals surface area contributed by atoms with Crippen LogP contribution in [0.3, 0.4) is 0 Å². The van der Waals surface area contributed by atoms with Crippen molar-refractivity contribution in [3.63, 3.8) is 0 Å². The number of imidazole rings is 1. The zero-order chi connectivity index (χ0) is 9.80. The largest absolute Gasteiger partial charge is 0.313 e. The van der Waals surface area contributed by atoms with E-state index in [-0.39, 0.29) is 0 Å². The molecule has 2 heteroatoms. The summed E-state index contributed by atoms with van der Waals surface area (Å²) in [6, 6.07) is 8.41. The molecule has 0 N–H and O–H groups in total. The van der Waals surface area contributed by atoms with Crippen molar-refractivity contribution >= 4 is 12.3 Å². The minimum Gasteiger partial charge on any atom is -0.313 e. The minimum absolute atomic E-state index is 1.20. The second-order valence-electron chi connectivity index (χ2n) is 3.24. The van der Waals surface area contributed by atoms with Gasteiger partial charge in [0.1, 0.15) is 0 Å². The summed E-state index contributed by atoms with van der Waals surface area (Å²) in [4.78, 5) is 3.96. The average Bonchev–Trinajstić information content (AvgIpc) is 2.70. The molecule has 0 aliphatic rings. The Morgan fingerprint density at radius 3 is 2.64 bits per heavy atom. The lowest BCUT2D eigenvalue weighted by Gasteiger charge is -1.94. The van der Waals surface area contributed by atoms with Crippen molar-refractivity contribution in [1.82, 2.24) is 9.55 Å². The van der Waals surface area contributed by atoms with Crippen LogP contribution in [0.4, 0.5) is 0 Å². The van der Waals surface area contributed by atoms with Gasteiger partial charge in [0.15, 0.2) is 0 Å². The van der Waals surface area contributed by atoms with E-state index in [1.165, 1.54) is 11.1 Å². The van der Waals surface area contributed by atoms with E-state index >= 15 is 0 Å². The summed E-state index contributed by atoms with van der Waals surface area (Å²) in [5.74, 6) is 0. The lowest BCUT2D eigenvalue weighted by molar-refractivity contribution is 1.14. The first-order valence-electron chi connectivity index (χ1n) is 4.57. The summed E-state index contributed by atoms with van der Waals surface area (Å²) in [5.41, 5.74) is 2.48. The molecule has 0 bridgehead atoms. The van der Waals surface area contributed by atoms with Gasteiger partial charge in [0.2, 0.25) is 0 Å². The van der Waals surface area contributed by atoms with Crippen molar-refractivity contribution in [2.24, 2.45) is 0 Å². The molecule has 0 saturated heterocycles. The van der Waals surface area contributed by atoms with Gasteiger partial charge >= 0.3 is 0 Å². The first-order chi connectivity index (χ1) is 6.84. The van der Waals surface area contributed by atoms with Crippen LogP contribution in [0.25, 0.3) is 12.3 Å². The number of aryl methyl sites for hydroxylation is 1. The molecule has 70 valence electrons. The maximum atomic E-state index is 3.96. The molecule has 0 radical (unpaired) electrons. The van der Waals surface area contributed by atoms with E-state index in [1.807, 2.05) is 17.0 Å². The Hall–Kier alpha value is -1.83. The third-order valence-corrected chi connectivity index (χ3v) is 2.04. The highest BCUT2D eigenvalue weighted by Crippen LogP contribution is 2.05. The monoisotopic (exact) mass is 184 g/mol. The van der Waals surface area contributed by atoms with E-state index in [0.717, 1.165) is 0 Å². The molecule has 0 saturated carbocycles. The maximum absolute atomic E-state index is 3.96. The van der Waals surface area contributed by atoms with Crippen LogP contribution in [0.15, 0.2) is 43.0 Å². The Labute approximate surface area is 83.5 Å². The van der Waals surface area contributed by atoms with Gasteiger partial charge in [-0.1, -0.05) is 29.8 Å². The summed E-state index contributed by atoms with van der Waals surface area (Å²) >= 11 is 0. The minimum atomic E-state index is 1.20. The Morgan fingerprint density at radius 2 is 2.00 bits per heavy atom. The van der Waals surface area contributed by atoms with Crippen LogP contribution in [-0.2, 0) is 0 Å². The van der Waals surface area contributed by atoms with Crippen LogP contribution in [0, 0.1) is 6.92 Å². The fraction of sp³-hybridized carbons (Fsp3) is 0.0833. The summed E-state index contributed by atoms with van der Waals surface area (Å²) < 4.78 is 1.92. The predicted octanol–water partition coefficient (Wildman–Crippen LogP) is 2.82. The standard InChI is InChI=1S/C12H12N2/c1-11-2-4-12(5-3-11)6-8-14-9-7-13-10-14/h2-10H,1H3. The molecule has 2 nitrogen and oxygen atoms in total. The van der Waals surface area contributed by atoms with Crippen LogP contribution < -0.4 is 0 Å². The predicted molar refractivity (Wildman–Crippen MR) is 58.6 cm³/mol. The Morgan fingerprint density at radius 1 is 1.21 bits per heavy atom. The van der Waals surface area contributed by atoms with Crippen molar-refractivity contribution in [2.75, 3.05) is 0 Å².